The van der Waals surface area contributed by atoms with Gasteiger partial charge >= 0.3 is 6.03 Å². The molecule has 7 heteroatoms. The molecule has 96 valence electrons. The van der Waals surface area contributed by atoms with Gasteiger partial charge in [0.25, 0.3) is 0 Å². The molecule has 3 rings (SSSR count). The number of piperazine rings is 1. The summed E-state index contributed by atoms with van der Waals surface area (Å²) in [5.74, 6) is 1.39. The highest BCUT2D eigenvalue weighted by Gasteiger charge is 2.36. The number of carbonyl (C=O) groups is 1. The van der Waals surface area contributed by atoms with Crippen LogP contribution < -0.4 is 16.0 Å². The van der Waals surface area contributed by atoms with Crippen LogP contribution in [0.4, 0.5) is 16.4 Å². The van der Waals surface area contributed by atoms with Gasteiger partial charge in [-0.25, -0.2) is 14.8 Å². The highest BCUT2D eigenvalue weighted by Crippen LogP contribution is 2.24. The molecule has 18 heavy (non-hydrogen) atoms. The van der Waals surface area contributed by atoms with Crippen LogP contribution in [0.1, 0.15) is 5.56 Å². The van der Waals surface area contributed by atoms with Gasteiger partial charge in [0.05, 0.1) is 6.04 Å². The monoisotopic (exact) mass is 248 g/mol. The predicted molar refractivity (Wildman–Crippen MR) is 67.3 cm³/mol. The molecular formula is C11H16N6O. The lowest BCUT2D eigenvalue weighted by Crippen LogP contribution is -2.52. The molecule has 2 fully saturated rings. The molecule has 3 heterocycles. The lowest BCUT2D eigenvalue weighted by Gasteiger charge is -2.37. The van der Waals surface area contributed by atoms with Crippen molar-refractivity contribution < 1.29 is 4.79 Å². The summed E-state index contributed by atoms with van der Waals surface area (Å²) in [7, 11) is 0. The van der Waals surface area contributed by atoms with Crippen molar-refractivity contribution in [1.29, 1.82) is 0 Å². The van der Waals surface area contributed by atoms with Crippen LogP contribution in [-0.2, 0) is 0 Å². The van der Waals surface area contributed by atoms with Gasteiger partial charge in [-0.2, -0.15) is 0 Å². The second-order valence-electron chi connectivity index (χ2n) is 4.69. The minimum atomic E-state index is 0.0403. The highest BCUT2D eigenvalue weighted by molar-refractivity contribution is 5.77. The first-order valence-corrected chi connectivity index (χ1v) is 6.03. The molecule has 0 aliphatic carbocycles. The van der Waals surface area contributed by atoms with Crippen LogP contribution in [0.5, 0.6) is 0 Å². The van der Waals surface area contributed by atoms with Crippen LogP contribution in [0, 0.1) is 6.92 Å². The van der Waals surface area contributed by atoms with Crippen molar-refractivity contribution in [3.63, 3.8) is 0 Å². The van der Waals surface area contributed by atoms with E-state index >= 15 is 0 Å². The summed E-state index contributed by atoms with van der Waals surface area (Å²) in [5.41, 5.74) is 6.71. The van der Waals surface area contributed by atoms with E-state index in [1.54, 1.807) is 0 Å². The molecule has 0 bridgehead atoms. The van der Waals surface area contributed by atoms with Crippen molar-refractivity contribution in [2.45, 2.75) is 13.0 Å². The minimum Gasteiger partial charge on any atom is -0.383 e. The number of nitrogen functional groups attached to an aromatic ring is 1. The van der Waals surface area contributed by atoms with E-state index in [1.807, 2.05) is 11.8 Å². The maximum absolute atomic E-state index is 11.5. The van der Waals surface area contributed by atoms with Crippen LogP contribution >= 0.6 is 0 Å². The minimum absolute atomic E-state index is 0.0403. The standard InChI is InChI=1S/C11H16N6O/c1-7-9(12)14-6-15-10(7)16-2-3-17-8(5-16)4-13-11(17)18/h6,8H,2-5H2,1H3,(H,13,18)(H2,12,14,15). The smallest absolute Gasteiger partial charge is 0.317 e. The Morgan fingerprint density at radius 3 is 3.11 bits per heavy atom. The molecule has 2 aliphatic heterocycles. The second-order valence-corrected chi connectivity index (χ2v) is 4.69. The summed E-state index contributed by atoms with van der Waals surface area (Å²) < 4.78 is 0. The van der Waals surface area contributed by atoms with Gasteiger partial charge in [0, 0.05) is 31.7 Å². The molecule has 0 saturated carbocycles. The summed E-state index contributed by atoms with van der Waals surface area (Å²) in [6.07, 6.45) is 1.49. The molecule has 2 saturated heterocycles. The van der Waals surface area contributed by atoms with Crippen molar-refractivity contribution in [1.82, 2.24) is 20.2 Å². The third-order valence-corrected chi connectivity index (χ3v) is 3.63. The van der Waals surface area contributed by atoms with E-state index in [0.29, 0.717) is 12.4 Å². The normalized spacial score (nSPS) is 22.9. The second kappa shape index (κ2) is 4.01. The first-order valence-electron chi connectivity index (χ1n) is 6.03. The molecular weight excluding hydrogens is 232 g/mol. The zero-order valence-electron chi connectivity index (χ0n) is 10.3. The van der Waals surface area contributed by atoms with E-state index in [-0.39, 0.29) is 12.1 Å². The van der Waals surface area contributed by atoms with E-state index in [4.69, 9.17) is 5.73 Å². The van der Waals surface area contributed by atoms with Gasteiger partial charge in [0.1, 0.15) is 18.0 Å². The number of rotatable bonds is 1. The molecule has 7 nitrogen and oxygen atoms in total. The number of nitrogens with one attached hydrogen (secondary N) is 1. The predicted octanol–water partition coefficient (Wildman–Crippen LogP) is -0.419. The quantitative estimate of drug-likeness (QED) is 0.705. The fourth-order valence-corrected chi connectivity index (χ4v) is 2.57. The van der Waals surface area contributed by atoms with Gasteiger partial charge in [-0.1, -0.05) is 0 Å². The topological polar surface area (TPSA) is 87.4 Å². The maximum Gasteiger partial charge on any atom is 0.317 e. The van der Waals surface area contributed by atoms with Crippen LogP contribution in [-0.4, -0.2) is 53.1 Å². The van der Waals surface area contributed by atoms with Gasteiger partial charge in [0.15, 0.2) is 0 Å². The highest BCUT2D eigenvalue weighted by atomic mass is 16.2. The Balaban J connectivity index is 1.83. The average molecular weight is 248 g/mol. The van der Waals surface area contributed by atoms with Crippen molar-refractivity contribution in [3.8, 4) is 0 Å². The zero-order chi connectivity index (χ0) is 12.7. The molecule has 1 unspecified atom stereocenters. The molecule has 1 aromatic heterocycles. The summed E-state index contributed by atoms with van der Waals surface area (Å²) in [6, 6.07) is 0.264. The summed E-state index contributed by atoms with van der Waals surface area (Å²) in [5, 5.41) is 2.86. The van der Waals surface area contributed by atoms with E-state index in [0.717, 1.165) is 31.0 Å². The van der Waals surface area contributed by atoms with Crippen molar-refractivity contribution in [2.24, 2.45) is 0 Å². The first kappa shape index (κ1) is 11.1. The number of nitrogens with two attached hydrogens (primary N) is 1. The van der Waals surface area contributed by atoms with Gasteiger partial charge < -0.3 is 20.9 Å². The fourth-order valence-electron chi connectivity index (χ4n) is 2.57. The Morgan fingerprint density at radius 2 is 2.28 bits per heavy atom. The lowest BCUT2D eigenvalue weighted by atomic mass is 10.2. The van der Waals surface area contributed by atoms with E-state index < -0.39 is 0 Å². The van der Waals surface area contributed by atoms with Crippen molar-refractivity contribution in [3.05, 3.63) is 11.9 Å². The number of anilines is 2. The summed E-state index contributed by atoms with van der Waals surface area (Å²) in [4.78, 5) is 23.9. The molecule has 2 aliphatic rings. The van der Waals surface area contributed by atoms with Crippen LogP contribution in [0.15, 0.2) is 6.33 Å². The molecule has 2 amide bonds. The number of carbonyl (C=O) groups excluding carboxylic acids is 1. The molecule has 0 aromatic carbocycles. The SMILES string of the molecule is Cc1c(N)ncnc1N1CCN2C(=O)NCC2C1. The van der Waals surface area contributed by atoms with Crippen LogP contribution in [0.2, 0.25) is 0 Å². The Hall–Kier alpha value is -2.05. The van der Waals surface area contributed by atoms with Gasteiger partial charge in [0.2, 0.25) is 0 Å². The van der Waals surface area contributed by atoms with Crippen LogP contribution in [0.3, 0.4) is 0 Å². The Kier molecular flexibility index (Phi) is 2.46. The first-order chi connectivity index (χ1) is 8.66. The molecule has 1 atom stereocenters. The number of nitrogens with zero attached hydrogens (tertiary/aromatic N) is 4. The van der Waals surface area contributed by atoms with Crippen molar-refractivity contribution in [2.75, 3.05) is 36.8 Å². The Bertz CT molecular complexity index is 490. The fraction of sp³-hybridized carbons (Fsp3) is 0.545. The zero-order valence-corrected chi connectivity index (χ0v) is 10.3. The molecule has 3 N–H and O–H groups in total. The van der Waals surface area contributed by atoms with Crippen LogP contribution in [0.25, 0.3) is 0 Å². The van der Waals surface area contributed by atoms with Crippen molar-refractivity contribution >= 4 is 17.7 Å². The number of aromatic nitrogens is 2. The number of amides is 2. The van der Waals surface area contributed by atoms with Gasteiger partial charge in [-0.15, -0.1) is 0 Å². The Morgan fingerprint density at radius 1 is 1.44 bits per heavy atom. The molecule has 0 spiro atoms. The maximum atomic E-state index is 11.5. The number of fused-ring (bicyclic) bond motifs is 1. The third kappa shape index (κ3) is 1.62. The number of urea groups is 1. The molecule has 1 aromatic rings. The molecule has 0 radical (unpaired) electrons. The average Bonchev–Trinajstić information content (AvgIpc) is 2.74. The largest absolute Gasteiger partial charge is 0.383 e. The van der Waals surface area contributed by atoms with Gasteiger partial charge in [-0.3, -0.25) is 0 Å². The third-order valence-electron chi connectivity index (χ3n) is 3.63. The number of hydrogen-bond acceptors (Lipinski definition) is 5. The number of hydrogen-bond donors (Lipinski definition) is 2. The van der Waals surface area contributed by atoms with E-state index in [9.17, 15) is 4.79 Å². The van der Waals surface area contributed by atoms with E-state index in [2.05, 4.69) is 20.2 Å². The summed E-state index contributed by atoms with van der Waals surface area (Å²) in [6.45, 7) is 4.92. The van der Waals surface area contributed by atoms with E-state index in [1.165, 1.54) is 6.33 Å². The van der Waals surface area contributed by atoms with Gasteiger partial charge in [-0.05, 0) is 6.92 Å². The Labute approximate surface area is 105 Å². The lowest BCUT2D eigenvalue weighted by molar-refractivity contribution is 0.197. The summed E-state index contributed by atoms with van der Waals surface area (Å²) >= 11 is 0.